The molecule has 0 saturated carbocycles. The van der Waals surface area contributed by atoms with Gasteiger partial charge in [-0.3, -0.25) is 25.4 Å². The molecular weight excluding hydrogens is 332 g/mol. The summed E-state index contributed by atoms with van der Waals surface area (Å²) in [5.74, 6) is -0.500. The number of carbonyl (C=O) groups is 2. The van der Waals surface area contributed by atoms with Gasteiger partial charge in [0.2, 0.25) is 5.91 Å². The fourth-order valence-corrected chi connectivity index (χ4v) is 2.83. The number of amides is 2. The second kappa shape index (κ2) is 7.35. The van der Waals surface area contributed by atoms with E-state index in [1.165, 1.54) is 24.2 Å². The van der Waals surface area contributed by atoms with Gasteiger partial charge >= 0.3 is 0 Å². The molecule has 134 valence electrons. The number of aryl methyl sites for hydroxylation is 1. The van der Waals surface area contributed by atoms with Crippen molar-refractivity contribution in [1.82, 2.24) is 20.8 Å². The van der Waals surface area contributed by atoms with Crippen LogP contribution in [0.2, 0.25) is 0 Å². The molecule has 0 unspecified atom stereocenters. The summed E-state index contributed by atoms with van der Waals surface area (Å²) in [5, 5.41) is 0.912. The first-order valence-electron chi connectivity index (χ1n) is 8.31. The van der Waals surface area contributed by atoms with Crippen LogP contribution in [0.3, 0.4) is 0 Å². The molecule has 2 aromatic heterocycles. The fraction of sp³-hybridized carbons (Fsp3) is 0.263. The molecule has 7 nitrogen and oxygen atoms in total. The van der Waals surface area contributed by atoms with Gasteiger partial charge in [0.1, 0.15) is 11.3 Å². The minimum atomic E-state index is -0.527. The van der Waals surface area contributed by atoms with Crippen LogP contribution in [0, 0.1) is 6.92 Å². The van der Waals surface area contributed by atoms with Crippen molar-refractivity contribution in [2.75, 3.05) is 0 Å². The highest BCUT2D eigenvalue weighted by Crippen LogP contribution is 2.29. The van der Waals surface area contributed by atoms with Gasteiger partial charge in [0, 0.05) is 23.3 Å². The molecule has 7 heteroatoms. The van der Waals surface area contributed by atoms with Gasteiger partial charge in [0.05, 0.1) is 18.9 Å². The minimum Gasteiger partial charge on any atom is -0.464 e. The Morgan fingerprint density at radius 3 is 2.69 bits per heavy atom. The van der Waals surface area contributed by atoms with Crippen molar-refractivity contribution in [2.45, 2.75) is 33.1 Å². The highest BCUT2D eigenvalue weighted by Gasteiger charge is 2.15. The molecule has 26 heavy (non-hydrogen) atoms. The van der Waals surface area contributed by atoms with Crippen LogP contribution >= 0.6 is 0 Å². The van der Waals surface area contributed by atoms with Gasteiger partial charge in [0.25, 0.3) is 5.91 Å². The summed E-state index contributed by atoms with van der Waals surface area (Å²) in [7, 11) is 0. The lowest BCUT2D eigenvalue weighted by molar-refractivity contribution is -0.121. The molecule has 0 atom stereocenters. The molecule has 3 rings (SSSR count). The number of benzene rings is 1. The molecule has 0 saturated heterocycles. The average Bonchev–Trinajstić information content (AvgIpc) is 3.01. The molecular formula is C19H20N4O3. The normalized spacial score (nSPS) is 10.9. The Labute approximate surface area is 150 Å². The van der Waals surface area contributed by atoms with E-state index in [2.05, 4.69) is 40.7 Å². The number of hydrazine groups is 1. The van der Waals surface area contributed by atoms with E-state index in [4.69, 9.17) is 4.42 Å². The zero-order valence-electron chi connectivity index (χ0n) is 14.9. The molecule has 0 bridgehead atoms. The number of hydrogen-bond donors (Lipinski definition) is 2. The van der Waals surface area contributed by atoms with Crippen LogP contribution in [-0.4, -0.2) is 21.8 Å². The summed E-state index contributed by atoms with van der Waals surface area (Å²) in [4.78, 5) is 31.7. The number of rotatable bonds is 4. The standard InChI is InChI=1S/C19H20N4O3/c1-11(2)14-8-15-13(10-26-17(15)6-12(14)3)7-18(24)22-23-19(25)16-9-20-4-5-21-16/h4-6,8-11H,7H2,1-3H3,(H,22,24)(H,23,25). The molecule has 0 radical (unpaired) electrons. The Hall–Kier alpha value is -3.22. The van der Waals surface area contributed by atoms with Gasteiger partial charge in [-0.25, -0.2) is 4.98 Å². The highest BCUT2D eigenvalue weighted by atomic mass is 16.3. The average molecular weight is 352 g/mol. The Bertz CT molecular complexity index is 948. The Morgan fingerprint density at radius 2 is 2.00 bits per heavy atom. The van der Waals surface area contributed by atoms with Crippen molar-refractivity contribution in [3.05, 3.63) is 59.4 Å². The largest absolute Gasteiger partial charge is 0.464 e. The predicted octanol–water partition coefficient (Wildman–Crippen LogP) is 2.66. The van der Waals surface area contributed by atoms with E-state index in [9.17, 15) is 9.59 Å². The summed E-state index contributed by atoms with van der Waals surface area (Å²) >= 11 is 0. The van der Waals surface area contributed by atoms with Crippen LogP contribution in [0.15, 0.2) is 41.4 Å². The summed E-state index contributed by atoms with van der Waals surface area (Å²) in [6.07, 6.45) is 5.86. The number of nitrogens with one attached hydrogen (secondary N) is 2. The SMILES string of the molecule is Cc1cc2occ(CC(=O)NNC(=O)c3cnccn3)c2cc1C(C)C. The van der Waals surface area contributed by atoms with Crippen LogP contribution in [0.5, 0.6) is 0 Å². The minimum absolute atomic E-state index is 0.0916. The molecule has 0 fully saturated rings. The maximum atomic E-state index is 12.2. The number of aromatic nitrogens is 2. The van der Waals surface area contributed by atoms with E-state index in [1.54, 1.807) is 6.26 Å². The Balaban J connectivity index is 1.69. The number of fused-ring (bicyclic) bond motifs is 1. The Kier molecular flexibility index (Phi) is 4.97. The predicted molar refractivity (Wildman–Crippen MR) is 96.4 cm³/mol. The first-order valence-corrected chi connectivity index (χ1v) is 8.31. The molecule has 2 amide bonds. The zero-order valence-corrected chi connectivity index (χ0v) is 14.9. The van der Waals surface area contributed by atoms with Crippen LogP contribution in [0.25, 0.3) is 11.0 Å². The molecule has 1 aromatic carbocycles. The summed E-state index contributed by atoms with van der Waals surface area (Å²) in [6, 6.07) is 4.06. The third-order valence-electron chi connectivity index (χ3n) is 4.13. The van der Waals surface area contributed by atoms with E-state index in [0.29, 0.717) is 5.92 Å². The number of furan rings is 1. The van der Waals surface area contributed by atoms with E-state index in [0.717, 1.165) is 22.1 Å². The van der Waals surface area contributed by atoms with Gasteiger partial charge in [0.15, 0.2) is 0 Å². The third-order valence-corrected chi connectivity index (χ3v) is 4.13. The van der Waals surface area contributed by atoms with Gasteiger partial charge in [-0.2, -0.15) is 0 Å². The maximum absolute atomic E-state index is 12.2. The van der Waals surface area contributed by atoms with Crippen molar-refractivity contribution in [1.29, 1.82) is 0 Å². The van der Waals surface area contributed by atoms with Crippen molar-refractivity contribution in [2.24, 2.45) is 0 Å². The van der Waals surface area contributed by atoms with E-state index in [1.807, 2.05) is 13.0 Å². The number of hydrogen-bond acceptors (Lipinski definition) is 5. The fourth-order valence-electron chi connectivity index (χ4n) is 2.83. The van der Waals surface area contributed by atoms with Crippen LogP contribution < -0.4 is 10.9 Å². The van der Waals surface area contributed by atoms with Gasteiger partial charge in [-0.1, -0.05) is 13.8 Å². The molecule has 0 aliphatic carbocycles. The summed E-state index contributed by atoms with van der Waals surface area (Å²) in [5.41, 5.74) is 8.73. The highest BCUT2D eigenvalue weighted by molar-refractivity contribution is 5.94. The van der Waals surface area contributed by atoms with Gasteiger partial charge in [-0.05, 0) is 36.1 Å². The summed E-state index contributed by atoms with van der Waals surface area (Å²) in [6.45, 7) is 6.30. The molecule has 3 aromatic rings. The van der Waals surface area contributed by atoms with Crippen LogP contribution in [-0.2, 0) is 11.2 Å². The van der Waals surface area contributed by atoms with Crippen molar-refractivity contribution < 1.29 is 14.0 Å². The van der Waals surface area contributed by atoms with E-state index in [-0.39, 0.29) is 18.0 Å². The van der Waals surface area contributed by atoms with E-state index < -0.39 is 5.91 Å². The topological polar surface area (TPSA) is 97.1 Å². The number of nitrogens with zero attached hydrogens (tertiary/aromatic N) is 2. The monoisotopic (exact) mass is 352 g/mol. The lowest BCUT2D eigenvalue weighted by atomic mass is 9.95. The van der Waals surface area contributed by atoms with Crippen LogP contribution in [0.4, 0.5) is 0 Å². The second-order valence-corrected chi connectivity index (χ2v) is 6.39. The first-order chi connectivity index (χ1) is 12.5. The lowest BCUT2D eigenvalue weighted by Gasteiger charge is -2.10. The maximum Gasteiger partial charge on any atom is 0.289 e. The quantitative estimate of drug-likeness (QED) is 0.704. The van der Waals surface area contributed by atoms with Crippen molar-refractivity contribution in [3.63, 3.8) is 0 Å². The smallest absolute Gasteiger partial charge is 0.289 e. The van der Waals surface area contributed by atoms with Gasteiger partial charge in [-0.15, -0.1) is 0 Å². The third kappa shape index (κ3) is 3.72. The molecule has 0 spiro atoms. The zero-order chi connectivity index (χ0) is 18.7. The molecule has 2 N–H and O–H groups in total. The van der Waals surface area contributed by atoms with Crippen molar-refractivity contribution in [3.8, 4) is 0 Å². The second-order valence-electron chi connectivity index (χ2n) is 6.39. The van der Waals surface area contributed by atoms with Gasteiger partial charge < -0.3 is 4.42 Å². The molecule has 0 aliphatic heterocycles. The lowest BCUT2D eigenvalue weighted by Crippen LogP contribution is -2.42. The van der Waals surface area contributed by atoms with Crippen molar-refractivity contribution >= 4 is 22.8 Å². The Morgan fingerprint density at radius 1 is 1.19 bits per heavy atom. The molecule has 2 heterocycles. The number of carbonyl (C=O) groups excluding carboxylic acids is 2. The molecule has 0 aliphatic rings. The first kappa shape index (κ1) is 17.6. The summed E-state index contributed by atoms with van der Waals surface area (Å²) < 4.78 is 5.57. The van der Waals surface area contributed by atoms with Crippen LogP contribution in [0.1, 0.15) is 46.9 Å². The van der Waals surface area contributed by atoms with E-state index >= 15 is 0 Å².